The van der Waals surface area contributed by atoms with E-state index in [0.717, 1.165) is 5.52 Å². The maximum Gasteiger partial charge on any atom is 0.272 e. The number of para-hydroxylation sites is 1. The quantitative estimate of drug-likeness (QED) is 0.429. The predicted octanol–water partition coefficient (Wildman–Crippen LogP) is 2.19. The fourth-order valence-electron chi connectivity index (χ4n) is 2.45. The van der Waals surface area contributed by atoms with Crippen LogP contribution in [0, 0.1) is 17.0 Å². The Balaban J connectivity index is 1.72. The summed E-state index contributed by atoms with van der Waals surface area (Å²) < 4.78 is 1.48. The van der Waals surface area contributed by atoms with E-state index in [9.17, 15) is 14.9 Å². The lowest BCUT2D eigenvalue weighted by atomic mass is 10.1. The number of benzene rings is 2. The number of carbonyl (C=O) groups is 1. The van der Waals surface area contributed by atoms with Gasteiger partial charge in [0, 0.05) is 17.2 Å². The third kappa shape index (κ3) is 3.56. The molecule has 1 heterocycles. The molecule has 9 nitrogen and oxygen atoms in total. The van der Waals surface area contributed by atoms with Crippen LogP contribution in [0.4, 0.5) is 5.69 Å². The maximum absolute atomic E-state index is 12.1. The second kappa shape index (κ2) is 7.09. The van der Waals surface area contributed by atoms with Gasteiger partial charge in [0.2, 0.25) is 0 Å². The van der Waals surface area contributed by atoms with E-state index in [4.69, 9.17) is 0 Å². The molecule has 0 atom stereocenters. The van der Waals surface area contributed by atoms with Gasteiger partial charge in [-0.2, -0.15) is 5.10 Å². The zero-order chi connectivity index (χ0) is 18.7. The number of nitrogens with zero attached hydrogens (tertiary/aromatic N) is 5. The third-order valence-electron chi connectivity index (χ3n) is 3.89. The molecule has 0 bridgehead atoms. The van der Waals surface area contributed by atoms with Crippen molar-refractivity contribution < 1.29 is 9.72 Å². The van der Waals surface area contributed by atoms with Gasteiger partial charge in [0.1, 0.15) is 12.1 Å². The number of nitro groups is 1. The van der Waals surface area contributed by atoms with Gasteiger partial charge in [-0.05, 0) is 26.0 Å². The second-order valence-corrected chi connectivity index (χ2v) is 5.73. The molecule has 2 aromatic carbocycles. The van der Waals surface area contributed by atoms with Gasteiger partial charge in [0.05, 0.1) is 16.2 Å². The van der Waals surface area contributed by atoms with E-state index >= 15 is 0 Å². The highest BCUT2D eigenvalue weighted by molar-refractivity contribution is 5.99. The number of amides is 1. The van der Waals surface area contributed by atoms with E-state index in [1.807, 2.05) is 24.3 Å². The number of rotatable bonds is 5. The van der Waals surface area contributed by atoms with Crippen LogP contribution in [0.15, 0.2) is 47.6 Å². The van der Waals surface area contributed by atoms with Crippen molar-refractivity contribution in [2.45, 2.75) is 20.4 Å². The minimum absolute atomic E-state index is 0.0115. The normalized spacial score (nSPS) is 11.5. The van der Waals surface area contributed by atoms with Crippen molar-refractivity contribution in [1.82, 2.24) is 20.4 Å². The highest BCUT2D eigenvalue weighted by Gasteiger charge is 2.13. The molecule has 0 radical (unpaired) electrons. The van der Waals surface area contributed by atoms with E-state index in [0.29, 0.717) is 22.4 Å². The van der Waals surface area contributed by atoms with Crippen molar-refractivity contribution in [2.24, 2.45) is 5.10 Å². The lowest BCUT2D eigenvalue weighted by molar-refractivity contribution is -0.385. The van der Waals surface area contributed by atoms with Gasteiger partial charge in [0.15, 0.2) is 0 Å². The molecule has 0 spiro atoms. The zero-order valence-corrected chi connectivity index (χ0v) is 14.2. The molecule has 1 N–H and O–H groups in total. The van der Waals surface area contributed by atoms with Crippen LogP contribution >= 0.6 is 0 Å². The topological polar surface area (TPSA) is 115 Å². The van der Waals surface area contributed by atoms with Gasteiger partial charge in [-0.3, -0.25) is 14.9 Å². The van der Waals surface area contributed by atoms with Gasteiger partial charge in [-0.15, -0.1) is 5.10 Å². The Bertz CT molecular complexity index is 1020. The van der Waals surface area contributed by atoms with Gasteiger partial charge < -0.3 is 0 Å². The molecule has 3 rings (SSSR count). The molecule has 0 aliphatic heterocycles. The fourth-order valence-corrected chi connectivity index (χ4v) is 2.45. The highest BCUT2D eigenvalue weighted by atomic mass is 16.6. The Labute approximate surface area is 148 Å². The van der Waals surface area contributed by atoms with Crippen LogP contribution in [0.25, 0.3) is 11.0 Å². The Kier molecular flexibility index (Phi) is 4.70. The van der Waals surface area contributed by atoms with Crippen molar-refractivity contribution in [2.75, 3.05) is 0 Å². The summed E-state index contributed by atoms with van der Waals surface area (Å²) in [6.45, 7) is 3.30. The van der Waals surface area contributed by atoms with E-state index in [-0.39, 0.29) is 18.1 Å². The monoisotopic (exact) mass is 352 g/mol. The first-order valence-electron chi connectivity index (χ1n) is 7.82. The number of hydrogen-bond donors (Lipinski definition) is 1. The average Bonchev–Trinajstić information content (AvgIpc) is 3.03. The van der Waals surface area contributed by atoms with Crippen LogP contribution < -0.4 is 5.43 Å². The largest absolute Gasteiger partial charge is 0.272 e. The molecular formula is C17H16N6O3. The number of carbonyl (C=O) groups excluding carboxylic acids is 1. The first-order chi connectivity index (χ1) is 12.5. The van der Waals surface area contributed by atoms with Crippen molar-refractivity contribution in [3.05, 3.63) is 63.7 Å². The molecule has 0 unspecified atom stereocenters. The minimum Gasteiger partial charge on any atom is -0.271 e. The number of hydrazone groups is 1. The smallest absolute Gasteiger partial charge is 0.271 e. The first kappa shape index (κ1) is 17.2. The Hall–Kier alpha value is -3.62. The number of aryl methyl sites for hydroxylation is 1. The number of hydrogen-bond acceptors (Lipinski definition) is 6. The van der Waals surface area contributed by atoms with Crippen LogP contribution in [0.3, 0.4) is 0 Å². The van der Waals surface area contributed by atoms with Gasteiger partial charge in [-0.25, -0.2) is 10.1 Å². The summed E-state index contributed by atoms with van der Waals surface area (Å²) in [7, 11) is 0. The summed E-state index contributed by atoms with van der Waals surface area (Å²) in [6, 6.07) is 12.1. The van der Waals surface area contributed by atoms with Crippen LogP contribution in [0.2, 0.25) is 0 Å². The summed E-state index contributed by atoms with van der Waals surface area (Å²) in [6.07, 6.45) is 0. The number of aromatic nitrogens is 3. The summed E-state index contributed by atoms with van der Waals surface area (Å²) in [5.74, 6) is -0.374. The predicted molar refractivity (Wildman–Crippen MR) is 95.7 cm³/mol. The van der Waals surface area contributed by atoms with E-state index in [1.165, 1.54) is 10.7 Å². The molecule has 0 aliphatic rings. The molecule has 0 saturated heterocycles. The number of nitro benzene ring substituents is 1. The lowest BCUT2D eigenvalue weighted by Crippen LogP contribution is -2.24. The molecule has 1 aromatic heterocycles. The van der Waals surface area contributed by atoms with E-state index < -0.39 is 4.92 Å². The number of nitrogens with one attached hydrogen (secondary N) is 1. The Morgan fingerprint density at radius 1 is 1.31 bits per heavy atom. The molecule has 132 valence electrons. The van der Waals surface area contributed by atoms with E-state index in [1.54, 1.807) is 26.0 Å². The van der Waals surface area contributed by atoms with Crippen molar-refractivity contribution in [1.29, 1.82) is 0 Å². The standard InChI is InChI=1S/C17H16N6O3/c1-11-7-8-13(9-16(11)23(25)26)12(2)18-20-17(24)10-22-15-6-4-3-5-14(15)19-21-22/h3-9H,10H2,1-2H3,(H,20,24)/b18-12-. The van der Waals surface area contributed by atoms with Gasteiger partial charge in [0.25, 0.3) is 11.6 Å². The minimum atomic E-state index is -0.444. The molecule has 0 saturated carbocycles. The maximum atomic E-state index is 12.1. The molecule has 0 aliphatic carbocycles. The van der Waals surface area contributed by atoms with Crippen LogP contribution in [0.5, 0.6) is 0 Å². The van der Waals surface area contributed by atoms with Crippen molar-refractivity contribution in [3.63, 3.8) is 0 Å². The second-order valence-electron chi connectivity index (χ2n) is 5.73. The lowest BCUT2D eigenvalue weighted by Gasteiger charge is -2.05. The number of fused-ring (bicyclic) bond motifs is 1. The Morgan fingerprint density at radius 3 is 2.85 bits per heavy atom. The SMILES string of the molecule is C/C(=N/NC(=O)Cn1nnc2ccccc21)c1ccc(C)c([N+](=O)[O-])c1. The average molecular weight is 352 g/mol. The van der Waals surface area contributed by atoms with E-state index in [2.05, 4.69) is 20.8 Å². The summed E-state index contributed by atoms with van der Waals surface area (Å²) in [4.78, 5) is 22.7. The molecule has 0 fully saturated rings. The summed E-state index contributed by atoms with van der Waals surface area (Å²) in [5, 5.41) is 23.0. The first-order valence-corrected chi connectivity index (χ1v) is 7.82. The Morgan fingerprint density at radius 2 is 2.08 bits per heavy atom. The van der Waals surface area contributed by atoms with Gasteiger partial charge >= 0.3 is 0 Å². The zero-order valence-electron chi connectivity index (χ0n) is 14.2. The summed E-state index contributed by atoms with van der Waals surface area (Å²) in [5.41, 5.74) is 5.49. The summed E-state index contributed by atoms with van der Waals surface area (Å²) >= 11 is 0. The molecular weight excluding hydrogens is 336 g/mol. The fraction of sp³-hybridized carbons (Fsp3) is 0.176. The molecule has 26 heavy (non-hydrogen) atoms. The van der Waals surface area contributed by atoms with Crippen LogP contribution in [-0.4, -0.2) is 31.5 Å². The van der Waals surface area contributed by atoms with Crippen molar-refractivity contribution >= 4 is 28.3 Å². The highest BCUT2D eigenvalue weighted by Crippen LogP contribution is 2.19. The third-order valence-corrected chi connectivity index (χ3v) is 3.89. The van der Waals surface area contributed by atoms with Gasteiger partial charge in [-0.1, -0.05) is 29.5 Å². The molecule has 1 amide bonds. The van der Waals surface area contributed by atoms with Crippen LogP contribution in [0.1, 0.15) is 18.1 Å². The molecule has 9 heteroatoms. The van der Waals surface area contributed by atoms with Crippen molar-refractivity contribution in [3.8, 4) is 0 Å². The van der Waals surface area contributed by atoms with Crippen LogP contribution in [-0.2, 0) is 11.3 Å². The molecule has 3 aromatic rings.